The van der Waals surface area contributed by atoms with Crippen molar-refractivity contribution in [2.24, 2.45) is 5.73 Å². The Morgan fingerprint density at radius 1 is 1.54 bits per heavy atom. The maximum atomic E-state index is 5.72. The van der Waals surface area contributed by atoms with E-state index in [0.717, 1.165) is 11.9 Å². The van der Waals surface area contributed by atoms with Gasteiger partial charge in [0.15, 0.2) is 0 Å². The lowest BCUT2D eigenvalue weighted by Gasteiger charge is -2.04. The molecule has 0 aliphatic heterocycles. The SMILES string of the molecule is CC(N)Cc1ccn2nccc2c1. The smallest absolute Gasteiger partial charge is 0.0664 e. The Labute approximate surface area is 77.2 Å². The number of nitrogens with zero attached hydrogens (tertiary/aromatic N) is 2. The van der Waals surface area contributed by atoms with Crippen LogP contribution in [0.5, 0.6) is 0 Å². The minimum atomic E-state index is 0.213. The van der Waals surface area contributed by atoms with Crippen LogP contribution in [0.4, 0.5) is 0 Å². The molecule has 2 rings (SSSR count). The van der Waals surface area contributed by atoms with Gasteiger partial charge in [-0.05, 0) is 37.1 Å². The van der Waals surface area contributed by atoms with Crippen LogP contribution in [0.25, 0.3) is 5.52 Å². The van der Waals surface area contributed by atoms with Gasteiger partial charge < -0.3 is 5.73 Å². The van der Waals surface area contributed by atoms with Gasteiger partial charge in [-0.3, -0.25) is 0 Å². The van der Waals surface area contributed by atoms with Crippen molar-refractivity contribution in [1.29, 1.82) is 0 Å². The van der Waals surface area contributed by atoms with Gasteiger partial charge in [0.25, 0.3) is 0 Å². The summed E-state index contributed by atoms with van der Waals surface area (Å²) in [5.74, 6) is 0. The molecule has 0 spiro atoms. The topological polar surface area (TPSA) is 43.3 Å². The number of fused-ring (bicyclic) bond motifs is 1. The molecule has 2 N–H and O–H groups in total. The van der Waals surface area contributed by atoms with Crippen LogP contribution in [0.3, 0.4) is 0 Å². The zero-order chi connectivity index (χ0) is 9.26. The Morgan fingerprint density at radius 3 is 3.15 bits per heavy atom. The second-order valence-electron chi connectivity index (χ2n) is 3.42. The van der Waals surface area contributed by atoms with Gasteiger partial charge in [0, 0.05) is 18.4 Å². The first kappa shape index (κ1) is 8.26. The Hall–Kier alpha value is -1.35. The highest BCUT2D eigenvalue weighted by molar-refractivity contribution is 5.47. The first-order valence-electron chi connectivity index (χ1n) is 4.43. The third-order valence-corrected chi connectivity index (χ3v) is 2.02. The summed E-state index contributed by atoms with van der Waals surface area (Å²) in [6.45, 7) is 2.01. The Kier molecular flexibility index (Phi) is 2.02. The molecule has 13 heavy (non-hydrogen) atoms. The highest BCUT2D eigenvalue weighted by Gasteiger charge is 1.99. The fraction of sp³-hybridized carbons (Fsp3) is 0.300. The fourth-order valence-corrected chi connectivity index (χ4v) is 1.47. The van der Waals surface area contributed by atoms with Crippen molar-refractivity contribution in [1.82, 2.24) is 9.61 Å². The Bertz CT molecular complexity index is 403. The van der Waals surface area contributed by atoms with Crippen LogP contribution < -0.4 is 5.73 Å². The molecule has 1 atom stereocenters. The van der Waals surface area contributed by atoms with Crippen LogP contribution in [-0.4, -0.2) is 15.7 Å². The predicted octanol–water partition coefficient (Wildman–Crippen LogP) is 1.22. The van der Waals surface area contributed by atoms with Crippen LogP contribution in [0.15, 0.2) is 30.6 Å². The molecular formula is C10H13N3. The number of hydrogen-bond acceptors (Lipinski definition) is 2. The first-order chi connectivity index (χ1) is 6.25. The van der Waals surface area contributed by atoms with E-state index in [1.807, 2.05) is 23.7 Å². The molecule has 0 saturated carbocycles. The molecular weight excluding hydrogens is 162 g/mol. The second kappa shape index (κ2) is 3.18. The molecule has 0 amide bonds. The number of hydrogen-bond donors (Lipinski definition) is 1. The molecule has 2 aromatic rings. The standard InChI is InChI=1S/C10H13N3/c1-8(11)6-9-3-5-13-10(7-9)2-4-12-13/h2-5,7-8H,6,11H2,1H3. The van der Waals surface area contributed by atoms with Crippen LogP contribution in [0, 0.1) is 0 Å². The Morgan fingerprint density at radius 2 is 2.38 bits per heavy atom. The molecule has 0 radical (unpaired) electrons. The molecule has 68 valence electrons. The highest BCUT2D eigenvalue weighted by Crippen LogP contribution is 2.07. The van der Waals surface area contributed by atoms with Crippen molar-refractivity contribution in [2.45, 2.75) is 19.4 Å². The van der Waals surface area contributed by atoms with E-state index in [4.69, 9.17) is 5.73 Å². The predicted molar refractivity (Wildman–Crippen MR) is 52.5 cm³/mol. The molecule has 0 aromatic carbocycles. The molecule has 3 heteroatoms. The van der Waals surface area contributed by atoms with Gasteiger partial charge in [0.2, 0.25) is 0 Å². The molecule has 0 aliphatic carbocycles. The third-order valence-electron chi connectivity index (χ3n) is 2.02. The summed E-state index contributed by atoms with van der Waals surface area (Å²) in [5.41, 5.74) is 8.11. The minimum Gasteiger partial charge on any atom is -0.328 e. The van der Waals surface area contributed by atoms with E-state index < -0.39 is 0 Å². The zero-order valence-electron chi connectivity index (χ0n) is 7.64. The van der Waals surface area contributed by atoms with Gasteiger partial charge in [0.05, 0.1) is 5.52 Å². The van der Waals surface area contributed by atoms with Crippen molar-refractivity contribution in [3.63, 3.8) is 0 Å². The van der Waals surface area contributed by atoms with Gasteiger partial charge in [0.1, 0.15) is 0 Å². The number of rotatable bonds is 2. The largest absolute Gasteiger partial charge is 0.328 e. The lowest BCUT2D eigenvalue weighted by molar-refractivity contribution is 0.736. The monoisotopic (exact) mass is 175 g/mol. The first-order valence-corrected chi connectivity index (χ1v) is 4.43. The number of pyridine rings is 1. The second-order valence-corrected chi connectivity index (χ2v) is 3.42. The number of nitrogens with two attached hydrogens (primary N) is 1. The minimum absolute atomic E-state index is 0.213. The van der Waals surface area contributed by atoms with E-state index in [2.05, 4.69) is 17.2 Å². The summed E-state index contributed by atoms with van der Waals surface area (Å²) in [4.78, 5) is 0. The maximum absolute atomic E-state index is 5.72. The van der Waals surface area contributed by atoms with E-state index in [0.29, 0.717) is 0 Å². The van der Waals surface area contributed by atoms with Gasteiger partial charge in [-0.1, -0.05) is 0 Å². The summed E-state index contributed by atoms with van der Waals surface area (Å²) in [5, 5.41) is 4.12. The zero-order valence-corrected chi connectivity index (χ0v) is 7.64. The van der Waals surface area contributed by atoms with Crippen LogP contribution in [0.1, 0.15) is 12.5 Å². The molecule has 3 nitrogen and oxygen atoms in total. The molecule has 0 saturated heterocycles. The van der Waals surface area contributed by atoms with Crippen molar-refractivity contribution >= 4 is 5.52 Å². The van der Waals surface area contributed by atoms with E-state index >= 15 is 0 Å². The lowest BCUT2D eigenvalue weighted by Crippen LogP contribution is -2.17. The summed E-state index contributed by atoms with van der Waals surface area (Å²) >= 11 is 0. The van der Waals surface area contributed by atoms with Crippen molar-refractivity contribution < 1.29 is 0 Å². The quantitative estimate of drug-likeness (QED) is 0.745. The molecule has 0 aliphatic rings. The highest BCUT2D eigenvalue weighted by atomic mass is 15.2. The summed E-state index contributed by atoms with van der Waals surface area (Å²) in [7, 11) is 0. The summed E-state index contributed by atoms with van der Waals surface area (Å²) < 4.78 is 1.85. The van der Waals surface area contributed by atoms with Crippen LogP contribution in [0.2, 0.25) is 0 Å². The molecule has 1 unspecified atom stereocenters. The van der Waals surface area contributed by atoms with Gasteiger partial charge in [-0.15, -0.1) is 0 Å². The van der Waals surface area contributed by atoms with Crippen LogP contribution in [-0.2, 0) is 6.42 Å². The van der Waals surface area contributed by atoms with Crippen molar-refractivity contribution in [3.8, 4) is 0 Å². The van der Waals surface area contributed by atoms with E-state index in [1.165, 1.54) is 5.56 Å². The van der Waals surface area contributed by atoms with E-state index in [9.17, 15) is 0 Å². The van der Waals surface area contributed by atoms with Gasteiger partial charge in [-0.25, -0.2) is 4.52 Å². The van der Waals surface area contributed by atoms with Crippen molar-refractivity contribution in [2.75, 3.05) is 0 Å². The summed E-state index contributed by atoms with van der Waals surface area (Å²) in [6, 6.07) is 6.38. The average Bonchev–Trinajstić information content (AvgIpc) is 2.49. The van der Waals surface area contributed by atoms with Gasteiger partial charge >= 0.3 is 0 Å². The lowest BCUT2D eigenvalue weighted by atomic mass is 10.1. The average molecular weight is 175 g/mol. The van der Waals surface area contributed by atoms with E-state index in [1.54, 1.807) is 6.20 Å². The van der Waals surface area contributed by atoms with E-state index in [-0.39, 0.29) is 6.04 Å². The van der Waals surface area contributed by atoms with Crippen molar-refractivity contribution in [3.05, 3.63) is 36.2 Å². The Balaban J connectivity index is 2.37. The molecule has 0 bridgehead atoms. The number of aromatic nitrogens is 2. The molecule has 2 aromatic heterocycles. The van der Waals surface area contributed by atoms with Gasteiger partial charge in [-0.2, -0.15) is 5.10 Å². The molecule has 0 fully saturated rings. The normalized spacial score (nSPS) is 13.4. The molecule has 2 heterocycles. The third kappa shape index (κ3) is 1.70. The maximum Gasteiger partial charge on any atom is 0.0664 e. The fourth-order valence-electron chi connectivity index (χ4n) is 1.47. The summed E-state index contributed by atoms with van der Waals surface area (Å²) in [6.07, 6.45) is 4.68. The van der Waals surface area contributed by atoms with Crippen LogP contribution >= 0.6 is 0 Å².